The van der Waals surface area contributed by atoms with Gasteiger partial charge < -0.3 is 11.1 Å². The summed E-state index contributed by atoms with van der Waals surface area (Å²) in [6, 6.07) is 0.0758. The summed E-state index contributed by atoms with van der Waals surface area (Å²) in [5.41, 5.74) is 8.25. The molecule has 0 spiro atoms. The van der Waals surface area contributed by atoms with Gasteiger partial charge >= 0.3 is 0 Å². The van der Waals surface area contributed by atoms with Gasteiger partial charge in [-0.05, 0) is 38.2 Å². The number of fused-ring (bicyclic) bond motifs is 3. The summed E-state index contributed by atoms with van der Waals surface area (Å²) >= 11 is 1.81. The second-order valence-corrected chi connectivity index (χ2v) is 7.22. The molecule has 1 aliphatic carbocycles. The molecule has 0 aromatic carbocycles. The van der Waals surface area contributed by atoms with E-state index in [0.717, 1.165) is 29.1 Å². The molecule has 7 heteroatoms. The van der Waals surface area contributed by atoms with Crippen LogP contribution in [-0.4, -0.2) is 32.8 Å². The van der Waals surface area contributed by atoms with Crippen LogP contribution in [0.3, 0.4) is 0 Å². The van der Waals surface area contributed by atoms with Gasteiger partial charge in [-0.25, -0.2) is 9.97 Å². The van der Waals surface area contributed by atoms with Crippen molar-refractivity contribution in [3.8, 4) is 11.4 Å². The SMILES string of the molecule is C[C@@H](N)CNc1nc(-c2cn[nH]c2)nc2sc3c(c12)CCCC3. The number of nitrogens with zero attached hydrogens (tertiary/aromatic N) is 3. The Kier molecular flexibility index (Phi) is 3.74. The number of rotatable bonds is 4. The van der Waals surface area contributed by atoms with Crippen LogP contribution in [0, 0.1) is 0 Å². The fraction of sp³-hybridized carbons (Fsp3) is 0.438. The molecule has 120 valence electrons. The third-order valence-electron chi connectivity index (χ3n) is 4.16. The number of aryl methyl sites for hydroxylation is 2. The Labute approximate surface area is 138 Å². The van der Waals surface area contributed by atoms with Crippen molar-refractivity contribution in [2.24, 2.45) is 5.73 Å². The van der Waals surface area contributed by atoms with Crippen LogP contribution in [0.1, 0.15) is 30.2 Å². The van der Waals surface area contributed by atoms with Crippen molar-refractivity contribution < 1.29 is 0 Å². The summed E-state index contributed by atoms with van der Waals surface area (Å²) in [4.78, 5) is 12.1. The molecule has 0 bridgehead atoms. The Morgan fingerprint density at radius 3 is 3.00 bits per heavy atom. The molecule has 1 aliphatic rings. The third-order valence-corrected chi connectivity index (χ3v) is 5.35. The first kappa shape index (κ1) is 14.6. The number of hydrogen-bond donors (Lipinski definition) is 3. The van der Waals surface area contributed by atoms with E-state index in [1.165, 1.54) is 28.7 Å². The van der Waals surface area contributed by atoms with E-state index in [9.17, 15) is 0 Å². The zero-order chi connectivity index (χ0) is 15.8. The maximum Gasteiger partial charge on any atom is 0.166 e. The zero-order valence-electron chi connectivity index (χ0n) is 13.1. The average molecular weight is 328 g/mol. The Morgan fingerprint density at radius 2 is 2.22 bits per heavy atom. The topological polar surface area (TPSA) is 92.5 Å². The summed E-state index contributed by atoms with van der Waals surface area (Å²) in [5, 5.41) is 11.5. The highest BCUT2D eigenvalue weighted by molar-refractivity contribution is 7.19. The van der Waals surface area contributed by atoms with Gasteiger partial charge in [-0.3, -0.25) is 5.10 Å². The standard InChI is InChI=1S/C16H20N6S/c1-9(17)6-18-15-13-11-4-2-3-5-12(11)23-16(13)22-14(21-15)10-7-19-20-8-10/h7-9H,2-6,17H2,1H3,(H,19,20)(H,18,21,22)/t9-/m1/s1. The molecule has 0 fully saturated rings. The molecule has 1 atom stereocenters. The highest BCUT2D eigenvalue weighted by atomic mass is 32.1. The number of nitrogens with one attached hydrogen (secondary N) is 2. The quantitative estimate of drug-likeness (QED) is 0.685. The first-order valence-electron chi connectivity index (χ1n) is 8.03. The molecule has 0 radical (unpaired) electrons. The van der Waals surface area contributed by atoms with Crippen LogP contribution in [0.25, 0.3) is 21.6 Å². The highest BCUT2D eigenvalue weighted by Gasteiger charge is 2.21. The van der Waals surface area contributed by atoms with Crippen LogP contribution in [0.4, 0.5) is 5.82 Å². The molecule has 4 rings (SSSR count). The van der Waals surface area contributed by atoms with E-state index < -0.39 is 0 Å². The number of anilines is 1. The molecule has 4 N–H and O–H groups in total. The Morgan fingerprint density at radius 1 is 1.35 bits per heavy atom. The number of aromatic nitrogens is 4. The minimum atomic E-state index is 0.0758. The molecule has 3 aromatic rings. The molecular formula is C16H20N6S. The van der Waals surface area contributed by atoms with Gasteiger partial charge in [-0.1, -0.05) is 0 Å². The van der Waals surface area contributed by atoms with Crippen LogP contribution >= 0.6 is 11.3 Å². The maximum atomic E-state index is 5.91. The fourth-order valence-corrected chi connectivity index (χ4v) is 4.31. The van der Waals surface area contributed by atoms with Crippen molar-refractivity contribution in [2.45, 2.75) is 38.6 Å². The highest BCUT2D eigenvalue weighted by Crippen LogP contribution is 2.39. The lowest BCUT2D eigenvalue weighted by atomic mass is 9.97. The Hall–Kier alpha value is -1.99. The first-order valence-corrected chi connectivity index (χ1v) is 8.85. The third kappa shape index (κ3) is 2.70. The zero-order valence-corrected chi connectivity index (χ0v) is 13.9. The van der Waals surface area contributed by atoms with E-state index in [4.69, 9.17) is 15.7 Å². The normalized spacial score (nSPS) is 15.6. The minimum absolute atomic E-state index is 0.0758. The van der Waals surface area contributed by atoms with Gasteiger partial charge in [0, 0.05) is 23.7 Å². The van der Waals surface area contributed by atoms with Crippen LogP contribution < -0.4 is 11.1 Å². The van der Waals surface area contributed by atoms with E-state index in [0.29, 0.717) is 12.4 Å². The second kappa shape index (κ2) is 5.90. The summed E-state index contributed by atoms with van der Waals surface area (Å²) in [6.07, 6.45) is 8.37. The molecule has 0 unspecified atom stereocenters. The Balaban J connectivity index is 1.88. The number of aromatic amines is 1. The van der Waals surface area contributed by atoms with Crippen LogP contribution in [0.5, 0.6) is 0 Å². The van der Waals surface area contributed by atoms with Crippen molar-refractivity contribution in [3.05, 3.63) is 22.8 Å². The van der Waals surface area contributed by atoms with E-state index in [2.05, 4.69) is 15.5 Å². The van der Waals surface area contributed by atoms with E-state index in [-0.39, 0.29) is 6.04 Å². The number of nitrogens with two attached hydrogens (primary N) is 1. The Bertz CT molecular complexity index is 821. The molecule has 0 amide bonds. The van der Waals surface area contributed by atoms with Gasteiger partial charge in [0.15, 0.2) is 5.82 Å². The summed E-state index contributed by atoms with van der Waals surface area (Å²) in [6.45, 7) is 2.69. The second-order valence-electron chi connectivity index (χ2n) is 6.13. The van der Waals surface area contributed by atoms with E-state index in [1.54, 1.807) is 17.5 Å². The molecular weight excluding hydrogens is 308 g/mol. The molecule has 23 heavy (non-hydrogen) atoms. The van der Waals surface area contributed by atoms with Gasteiger partial charge in [0.1, 0.15) is 10.6 Å². The molecule has 0 saturated carbocycles. The van der Waals surface area contributed by atoms with Crippen molar-refractivity contribution >= 4 is 27.4 Å². The van der Waals surface area contributed by atoms with Gasteiger partial charge in [0.2, 0.25) is 0 Å². The van der Waals surface area contributed by atoms with Crippen LogP contribution in [0.15, 0.2) is 12.4 Å². The summed E-state index contributed by atoms with van der Waals surface area (Å²) in [5.74, 6) is 1.61. The lowest BCUT2D eigenvalue weighted by Gasteiger charge is -2.14. The van der Waals surface area contributed by atoms with Crippen molar-refractivity contribution in [2.75, 3.05) is 11.9 Å². The van der Waals surface area contributed by atoms with Crippen molar-refractivity contribution in [1.29, 1.82) is 0 Å². The lowest BCUT2D eigenvalue weighted by molar-refractivity contribution is 0.700. The van der Waals surface area contributed by atoms with Crippen LogP contribution in [0.2, 0.25) is 0 Å². The van der Waals surface area contributed by atoms with E-state index in [1.807, 2.05) is 13.1 Å². The first-order chi connectivity index (χ1) is 11.2. The predicted octanol–water partition coefficient (Wildman–Crippen LogP) is 2.72. The lowest BCUT2D eigenvalue weighted by Crippen LogP contribution is -2.25. The average Bonchev–Trinajstić information content (AvgIpc) is 3.19. The largest absolute Gasteiger partial charge is 0.368 e. The molecule has 0 aliphatic heterocycles. The summed E-state index contributed by atoms with van der Waals surface area (Å²) in [7, 11) is 0. The maximum absolute atomic E-state index is 5.91. The van der Waals surface area contributed by atoms with Crippen LogP contribution in [-0.2, 0) is 12.8 Å². The monoisotopic (exact) mass is 328 g/mol. The molecule has 0 saturated heterocycles. The van der Waals surface area contributed by atoms with Crippen molar-refractivity contribution in [3.63, 3.8) is 0 Å². The molecule has 6 nitrogen and oxygen atoms in total. The predicted molar refractivity (Wildman–Crippen MR) is 93.8 cm³/mol. The minimum Gasteiger partial charge on any atom is -0.368 e. The fourth-order valence-electron chi connectivity index (χ4n) is 3.05. The molecule has 3 aromatic heterocycles. The van der Waals surface area contributed by atoms with E-state index >= 15 is 0 Å². The summed E-state index contributed by atoms with van der Waals surface area (Å²) < 4.78 is 0. The smallest absolute Gasteiger partial charge is 0.166 e. The number of H-pyrrole nitrogens is 1. The number of hydrogen-bond acceptors (Lipinski definition) is 6. The van der Waals surface area contributed by atoms with Gasteiger partial charge in [0.05, 0.1) is 17.1 Å². The molecule has 3 heterocycles. The van der Waals surface area contributed by atoms with Gasteiger partial charge in [-0.15, -0.1) is 11.3 Å². The number of thiophene rings is 1. The van der Waals surface area contributed by atoms with Gasteiger partial charge in [0.25, 0.3) is 0 Å². The van der Waals surface area contributed by atoms with Gasteiger partial charge in [-0.2, -0.15) is 5.10 Å². The van der Waals surface area contributed by atoms with Crippen molar-refractivity contribution in [1.82, 2.24) is 20.2 Å².